The van der Waals surface area contributed by atoms with E-state index in [-0.39, 0.29) is 0 Å². The van der Waals surface area contributed by atoms with Gasteiger partial charge < -0.3 is 9.84 Å². The molecular formula is C9H8N2O2. The Kier molecular flexibility index (Phi) is 2.36. The molecule has 0 aromatic carbocycles. The van der Waals surface area contributed by atoms with Crippen molar-refractivity contribution in [3.63, 3.8) is 0 Å². The lowest BCUT2D eigenvalue weighted by Gasteiger charge is -2.22. The molecule has 4 heteroatoms. The van der Waals surface area contributed by atoms with E-state index < -0.39 is 11.5 Å². The summed E-state index contributed by atoms with van der Waals surface area (Å²) in [5.74, 6) is -0.399. The first-order chi connectivity index (χ1) is 6.16. The van der Waals surface area contributed by atoms with Crippen LogP contribution in [0.25, 0.3) is 0 Å². The van der Waals surface area contributed by atoms with E-state index in [0.29, 0.717) is 5.76 Å². The van der Waals surface area contributed by atoms with Gasteiger partial charge in [-0.3, -0.25) is 0 Å². The summed E-state index contributed by atoms with van der Waals surface area (Å²) in [5, 5.41) is 26.9. The molecular weight excluding hydrogens is 168 g/mol. The lowest BCUT2D eigenvalue weighted by Crippen LogP contribution is -2.34. The van der Waals surface area contributed by atoms with E-state index >= 15 is 0 Å². The maximum Gasteiger partial charge on any atom is 0.189 e. The normalized spacial score (nSPS) is 31.4. The molecule has 0 bridgehead atoms. The monoisotopic (exact) mass is 176 g/mol. The van der Waals surface area contributed by atoms with Crippen molar-refractivity contribution in [3.05, 3.63) is 24.0 Å². The second-order valence-corrected chi connectivity index (χ2v) is 2.65. The molecule has 2 atom stereocenters. The molecule has 0 heterocycles. The fourth-order valence-electron chi connectivity index (χ4n) is 1.04. The van der Waals surface area contributed by atoms with Crippen molar-refractivity contribution in [3.8, 4) is 12.1 Å². The molecule has 0 saturated carbocycles. The molecule has 1 N–H and O–H groups in total. The Morgan fingerprint density at radius 1 is 1.62 bits per heavy atom. The van der Waals surface area contributed by atoms with Gasteiger partial charge in [-0.15, -0.1) is 0 Å². The fraction of sp³-hybridized carbons (Fsp3) is 0.333. The molecule has 4 nitrogen and oxygen atoms in total. The molecule has 1 rings (SSSR count). The van der Waals surface area contributed by atoms with Gasteiger partial charge in [-0.2, -0.15) is 10.5 Å². The van der Waals surface area contributed by atoms with Gasteiger partial charge in [0.25, 0.3) is 0 Å². The van der Waals surface area contributed by atoms with Crippen LogP contribution in [0.5, 0.6) is 0 Å². The molecule has 0 radical (unpaired) electrons. The third kappa shape index (κ3) is 1.53. The number of ether oxygens (including phenoxy) is 1. The van der Waals surface area contributed by atoms with Gasteiger partial charge in [0.1, 0.15) is 17.7 Å². The molecule has 1 aliphatic carbocycles. The van der Waals surface area contributed by atoms with Crippen LogP contribution in [0.4, 0.5) is 0 Å². The van der Waals surface area contributed by atoms with Crippen LogP contribution < -0.4 is 0 Å². The van der Waals surface area contributed by atoms with Crippen LogP contribution in [-0.2, 0) is 4.74 Å². The Bertz CT molecular complexity index is 346. The van der Waals surface area contributed by atoms with Crippen LogP contribution in [0.1, 0.15) is 0 Å². The minimum atomic E-state index is -1.73. The Morgan fingerprint density at radius 2 is 2.31 bits per heavy atom. The van der Waals surface area contributed by atoms with Gasteiger partial charge in [0, 0.05) is 0 Å². The van der Waals surface area contributed by atoms with Crippen molar-refractivity contribution >= 4 is 0 Å². The fourth-order valence-corrected chi connectivity index (χ4v) is 1.04. The summed E-state index contributed by atoms with van der Waals surface area (Å²) in [6.07, 6.45) is 4.15. The minimum Gasteiger partial charge on any atom is -0.497 e. The summed E-state index contributed by atoms with van der Waals surface area (Å²) in [6, 6.07) is 3.50. The van der Waals surface area contributed by atoms with Gasteiger partial charge in [-0.05, 0) is 18.2 Å². The van der Waals surface area contributed by atoms with Gasteiger partial charge >= 0.3 is 0 Å². The van der Waals surface area contributed by atoms with Gasteiger partial charge in [-0.25, -0.2) is 0 Å². The molecule has 0 amide bonds. The number of methoxy groups -OCH3 is 1. The summed E-state index contributed by atoms with van der Waals surface area (Å²) < 4.78 is 4.86. The van der Waals surface area contributed by atoms with Crippen molar-refractivity contribution in [2.45, 2.75) is 5.60 Å². The van der Waals surface area contributed by atoms with Crippen LogP contribution in [0.3, 0.4) is 0 Å². The predicted molar refractivity (Wildman–Crippen MR) is 43.9 cm³/mol. The van der Waals surface area contributed by atoms with E-state index in [4.69, 9.17) is 15.3 Å². The Labute approximate surface area is 76.0 Å². The maximum absolute atomic E-state index is 9.58. The average molecular weight is 176 g/mol. The highest BCUT2D eigenvalue weighted by Crippen LogP contribution is 2.26. The third-order valence-electron chi connectivity index (χ3n) is 1.86. The van der Waals surface area contributed by atoms with Crippen molar-refractivity contribution in [1.29, 1.82) is 10.5 Å². The zero-order chi connectivity index (χ0) is 9.90. The van der Waals surface area contributed by atoms with Gasteiger partial charge in [0.15, 0.2) is 5.60 Å². The number of hydrogen-bond acceptors (Lipinski definition) is 4. The van der Waals surface area contributed by atoms with Gasteiger partial charge in [0.2, 0.25) is 0 Å². The molecule has 0 aromatic rings. The second kappa shape index (κ2) is 3.30. The van der Waals surface area contributed by atoms with Crippen LogP contribution in [0, 0.1) is 28.6 Å². The molecule has 13 heavy (non-hydrogen) atoms. The van der Waals surface area contributed by atoms with Crippen LogP contribution >= 0.6 is 0 Å². The molecule has 0 spiro atoms. The summed E-state index contributed by atoms with van der Waals surface area (Å²) >= 11 is 0. The predicted octanol–water partition coefficient (Wildman–Crippen LogP) is 0.481. The van der Waals surface area contributed by atoms with E-state index in [1.165, 1.54) is 25.3 Å². The average Bonchev–Trinajstić information content (AvgIpc) is 2.18. The summed E-state index contributed by atoms with van der Waals surface area (Å²) in [4.78, 5) is 0. The largest absolute Gasteiger partial charge is 0.497 e. The number of nitriles is 2. The SMILES string of the molecule is COC1=CC(C#N)C(O)(C#N)C=C1. The maximum atomic E-state index is 9.58. The highest BCUT2D eigenvalue weighted by Gasteiger charge is 2.36. The first-order valence-electron chi connectivity index (χ1n) is 3.64. The van der Waals surface area contributed by atoms with E-state index in [2.05, 4.69) is 0 Å². The molecule has 2 unspecified atom stereocenters. The Balaban J connectivity index is 3.03. The van der Waals surface area contributed by atoms with E-state index in [1.807, 2.05) is 6.07 Å². The lowest BCUT2D eigenvalue weighted by atomic mass is 9.85. The quantitative estimate of drug-likeness (QED) is 0.589. The standard InChI is InChI=1S/C9H8N2O2/c1-13-8-2-3-9(12,6-11)7(4-8)5-10/h2-4,7,12H,1H3. The third-order valence-corrected chi connectivity index (χ3v) is 1.86. The zero-order valence-electron chi connectivity index (χ0n) is 7.06. The number of nitrogens with zero attached hydrogens (tertiary/aromatic N) is 2. The van der Waals surface area contributed by atoms with E-state index in [0.717, 1.165) is 0 Å². The summed E-state index contributed by atoms with van der Waals surface area (Å²) in [5.41, 5.74) is -1.73. The second-order valence-electron chi connectivity index (χ2n) is 2.65. The number of hydrogen-bond donors (Lipinski definition) is 1. The molecule has 0 aromatic heterocycles. The highest BCUT2D eigenvalue weighted by molar-refractivity contribution is 5.35. The van der Waals surface area contributed by atoms with E-state index in [1.54, 1.807) is 6.07 Å². The minimum absolute atomic E-state index is 0.478. The molecule has 66 valence electrons. The number of allylic oxidation sites excluding steroid dienone is 1. The first kappa shape index (κ1) is 9.31. The topological polar surface area (TPSA) is 77.0 Å². The zero-order valence-corrected chi connectivity index (χ0v) is 7.06. The molecule has 0 saturated heterocycles. The van der Waals surface area contributed by atoms with Crippen molar-refractivity contribution in [2.24, 2.45) is 5.92 Å². The van der Waals surface area contributed by atoms with Crippen LogP contribution in [0.15, 0.2) is 24.0 Å². The van der Waals surface area contributed by atoms with Gasteiger partial charge in [0.05, 0.1) is 13.2 Å². The van der Waals surface area contributed by atoms with Crippen LogP contribution in [0.2, 0.25) is 0 Å². The van der Waals surface area contributed by atoms with Crippen molar-refractivity contribution in [1.82, 2.24) is 0 Å². The van der Waals surface area contributed by atoms with Gasteiger partial charge in [-0.1, -0.05) is 0 Å². The van der Waals surface area contributed by atoms with Crippen molar-refractivity contribution in [2.75, 3.05) is 7.11 Å². The number of rotatable bonds is 1. The Morgan fingerprint density at radius 3 is 2.77 bits per heavy atom. The number of aliphatic hydroxyl groups is 1. The summed E-state index contributed by atoms with van der Waals surface area (Å²) in [6.45, 7) is 0. The lowest BCUT2D eigenvalue weighted by molar-refractivity contribution is 0.120. The molecule has 0 fully saturated rings. The first-order valence-corrected chi connectivity index (χ1v) is 3.64. The smallest absolute Gasteiger partial charge is 0.189 e. The summed E-state index contributed by atoms with van der Waals surface area (Å²) in [7, 11) is 1.46. The molecule has 0 aliphatic heterocycles. The highest BCUT2D eigenvalue weighted by atomic mass is 16.5. The molecule has 1 aliphatic rings. The van der Waals surface area contributed by atoms with E-state index in [9.17, 15) is 5.11 Å². The van der Waals surface area contributed by atoms with Crippen molar-refractivity contribution < 1.29 is 9.84 Å². The van der Waals surface area contributed by atoms with Crippen LogP contribution in [-0.4, -0.2) is 17.8 Å². The Hall–Kier alpha value is -1.78.